The maximum Gasteiger partial charge on any atom is 0.573 e. The Kier molecular flexibility index (Phi) is 31.9. The van der Waals surface area contributed by atoms with Gasteiger partial charge in [-0.05, 0) is 167 Å². The molecule has 784 valence electrons. The summed E-state index contributed by atoms with van der Waals surface area (Å²) in [6.45, 7) is 14.2. The minimum Gasteiger partial charge on any atom is -0.403 e. The molecule has 20 N–H and O–H groups in total. The van der Waals surface area contributed by atoms with Crippen molar-refractivity contribution in [2.75, 3.05) is 179 Å². The van der Waals surface area contributed by atoms with Crippen LogP contribution in [0.1, 0.15) is 117 Å². The molecule has 2 bridgehead atoms. The Balaban J connectivity index is 0.000000136. The van der Waals surface area contributed by atoms with Gasteiger partial charge in [0.1, 0.15) is 62.8 Å². The highest BCUT2D eigenvalue weighted by Crippen LogP contribution is 2.45. The van der Waals surface area contributed by atoms with Gasteiger partial charge in [-0.3, -0.25) is 29.1 Å². The predicted molar refractivity (Wildman–Crippen MR) is 547 cm³/mol. The van der Waals surface area contributed by atoms with E-state index in [9.17, 15) is 58.7 Å². The molecule has 150 heavy (non-hydrogen) atoms. The zero-order valence-corrected chi connectivity index (χ0v) is 81.8. The quantitative estimate of drug-likeness (QED) is 0.0335. The van der Waals surface area contributed by atoms with Crippen molar-refractivity contribution in [3.8, 4) is 51.3 Å². The first kappa shape index (κ1) is 105. The van der Waals surface area contributed by atoms with Crippen molar-refractivity contribution < 1.29 is 72.9 Å². The van der Waals surface area contributed by atoms with Crippen molar-refractivity contribution in [3.05, 3.63) is 210 Å². The number of alkyl halides is 9. The smallest absolute Gasteiger partial charge is 0.403 e. The Morgan fingerprint density at radius 3 is 1.31 bits per heavy atom. The molecular formula is C99H106ClF9N34O7. The zero-order valence-electron chi connectivity index (χ0n) is 81.0. The standard InChI is InChI=1S/C28H31N9O2.C27H30F3N9O2.C22H22ClF3N8O.C22H23F3N8O2/c29-19-7-10-36(11-8-19)22-6-3-9-31-27(22)35-28(38)25-26(30)32-17-21(33-25)24-20-5-2-1-4-18(20)16-23(34-24)37-12-14-39-15-13-37;28-27(29,30)17-5-6-20(38-8-10-41-11-9-38)36-22(17)18-12-34-24(32)23(35-18)26(40)37-25-19(2-1-7-33-25)39-13-15-3-4-16(14-39)21(15)31;1-21(28)5-9-34(10-6-21)14-3-2-7-30-19(14)33-20(35)17-18(27)31-11-13(32-17)16-15(22(24,25)26)12(23)4-8-29-16;1-12-4-5-15(33-9-6-13(26)7-10-33)20(30-12)32-21(34)18-19(27)29-11-14(31-18)17-16(3-2-8-28-17)35-22(23,24)25/h1-6,9,16-17,19H,7-8,10-15,29H2,(H2,30,32)(H,31,35,38);1-2,5-7,12,15-16,21H,3-4,8-11,13-14,31H2,(H2,32,34)(H,33,37,40);2-4,7-8,11H,5-6,9-10,28H2,1H3,(H2,27,31)(H,30,33,35);2-5,8,11,13H,6-7,9-10,26H2,1H3,(H2,27,29)(H,30,32,34)/t;15-,16+,21?;;. The lowest BCUT2D eigenvalue weighted by molar-refractivity contribution is -0.274. The first-order valence-electron chi connectivity index (χ1n) is 48.0. The van der Waals surface area contributed by atoms with Gasteiger partial charge < -0.3 is 111 Å². The predicted octanol–water partition coefficient (Wildman–Crippen LogP) is 12.1. The van der Waals surface area contributed by atoms with E-state index in [4.69, 9.17) is 71.9 Å². The van der Waals surface area contributed by atoms with Gasteiger partial charge in [-0.15, -0.1) is 13.2 Å². The molecule has 20 rings (SSSR count). The van der Waals surface area contributed by atoms with Gasteiger partial charge in [0.15, 0.2) is 75.1 Å². The van der Waals surface area contributed by atoms with Crippen LogP contribution in [0.25, 0.3) is 56.3 Å². The lowest BCUT2D eigenvalue weighted by Crippen LogP contribution is -2.49. The maximum atomic E-state index is 14.0. The molecule has 4 amide bonds. The SMILES string of the molecule is CC1(N)CCN(c2cccnc2NC(=O)c2nc(-c3nccc(Cl)c3C(F)(F)F)cnc2N)CC1.Cc1ccc(N2CCC(N)CC2)c(NC(=O)c2nc(-c3ncccc3OC(F)(F)F)cnc2N)n1.Nc1ncc(-c2nc(N3CCOCC3)cc3ccccc23)nc1C(=O)Nc1ncccc1N1CCC(N)CC1.Nc1ncc(-c2nc(N3CCOCC3)ccc2C(F)(F)F)nc1C(=O)Nc1ncccc1N1C[C@H]2CC[C@@H](C1)C2N. The normalized spacial score (nSPS) is 17.5. The number of pyridine rings is 8. The van der Waals surface area contributed by atoms with Crippen LogP contribution in [-0.4, -0.2) is 238 Å². The summed E-state index contributed by atoms with van der Waals surface area (Å²) >= 11 is 5.78. The Bertz CT molecular complexity index is 7080. The number of nitrogens with zero attached hydrogens (tertiary/aromatic N) is 22. The van der Waals surface area contributed by atoms with E-state index in [0.717, 1.165) is 162 Å². The molecule has 13 aromatic rings. The largest absolute Gasteiger partial charge is 0.573 e. The fourth-order valence-corrected chi connectivity index (χ4v) is 18.6. The number of aryl methyl sites for hydroxylation is 1. The monoisotopic (exact) mass is 2090 g/mol. The lowest BCUT2D eigenvalue weighted by atomic mass is 9.91. The number of carbonyl (C=O) groups excluding carboxylic acids is 4. The van der Waals surface area contributed by atoms with Crippen LogP contribution in [0, 0.1) is 18.8 Å². The number of ether oxygens (including phenoxy) is 3. The number of carbonyl (C=O) groups is 4. The fraction of sp³-hybridized carbons (Fsp3) is 0.354. The molecular weight excluding hydrogens is 1980 g/mol. The first-order valence-corrected chi connectivity index (χ1v) is 48.4. The summed E-state index contributed by atoms with van der Waals surface area (Å²) in [7, 11) is 0. The van der Waals surface area contributed by atoms with Crippen LogP contribution >= 0.6 is 11.6 Å². The Morgan fingerprint density at radius 2 is 0.827 bits per heavy atom. The van der Waals surface area contributed by atoms with Crippen molar-refractivity contribution in [2.45, 2.75) is 108 Å². The van der Waals surface area contributed by atoms with Crippen LogP contribution < -0.4 is 101 Å². The molecule has 1 aliphatic carbocycles. The fourth-order valence-electron chi connectivity index (χ4n) is 18.4. The molecule has 1 aromatic carbocycles. The molecule has 7 fully saturated rings. The van der Waals surface area contributed by atoms with E-state index in [2.05, 4.69) is 126 Å². The molecule has 18 heterocycles. The Labute approximate surface area is 857 Å². The number of fused-ring (bicyclic) bond motifs is 3. The van der Waals surface area contributed by atoms with E-state index in [-0.39, 0.29) is 98.3 Å². The van der Waals surface area contributed by atoms with Crippen molar-refractivity contribution in [1.29, 1.82) is 0 Å². The van der Waals surface area contributed by atoms with Gasteiger partial charge in [0.25, 0.3) is 23.6 Å². The average Bonchev–Trinajstić information content (AvgIpc) is 1.81. The molecule has 6 aliphatic heterocycles. The van der Waals surface area contributed by atoms with E-state index in [1.807, 2.05) is 71.3 Å². The second-order valence-electron chi connectivity index (χ2n) is 36.8. The summed E-state index contributed by atoms with van der Waals surface area (Å²) in [4.78, 5) is 133. The van der Waals surface area contributed by atoms with Gasteiger partial charge in [0, 0.05) is 144 Å². The number of rotatable bonds is 19. The number of aromatic nitrogens is 16. The lowest BCUT2D eigenvalue weighted by Gasteiger charge is -2.38. The van der Waals surface area contributed by atoms with E-state index >= 15 is 0 Å². The summed E-state index contributed by atoms with van der Waals surface area (Å²) in [6, 6.07) is 30.8. The number of nitrogen functional groups attached to an aromatic ring is 4. The Hall–Kier alpha value is -15.9. The molecule has 6 saturated heterocycles. The number of amides is 4. The van der Waals surface area contributed by atoms with E-state index in [0.29, 0.717) is 129 Å². The van der Waals surface area contributed by atoms with Gasteiger partial charge in [-0.2, -0.15) is 26.3 Å². The molecule has 1 saturated carbocycles. The van der Waals surface area contributed by atoms with Gasteiger partial charge in [0.05, 0.1) is 84.6 Å². The van der Waals surface area contributed by atoms with Crippen LogP contribution in [0.5, 0.6) is 5.75 Å². The number of anilines is 14. The van der Waals surface area contributed by atoms with Crippen LogP contribution in [0.2, 0.25) is 5.02 Å². The highest BCUT2D eigenvalue weighted by atomic mass is 35.5. The average molecular weight is 2090 g/mol. The summed E-state index contributed by atoms with van der Waals surface area (Å²) < 4.78 is 136. The third-order valence-electron chi connectivity index (χ3n) is 26.4. The van der Waals surface area contributed by atoms with E-state index in [1.165, 1.54) is 24.5 Å². The molecule has 51 heteroatoms. The van der Waals surface area contributed by atoms with Crippen LogP contribution in [0.4, 0.5) is 120 Å². The summed E-state index contributed by atoms with van der Waals surface area (Å²) in [5.74, 6) is -0.810. The van der Waals surface area contributed by atoms with Crippen LogP contribution in [-0.2, 0) is 21.8 Å². The molecule has 1 unspecified atom stereocenters. The number of piperidine rings is 4. The minimum atomic E-state index is -4.94. The third-order valence-corrected chi connectivity index (χ3v) is 26.7. The number of nitrogens with two attached hydrogens (primary N) is 8. The second kappa shape index (κ2) is 45.4. The number of nitrogens with one attached hydrogen (secondary N) is 4. The summed E-state index contributed by atoms with van der Waals surface area (Å²) in [6.07, 6.45) is 4.38. The number of hydrogen-bond acceptors (Lipinski definition) is 37. The highest BCUT2D eigenvalue weighted by Gasteiger charge is 2.44. The van der Waals surface area contributed by atoms with Crippen molar-refractivity contribution in [1.82, 2.24) is 79.7 Å². The Morgan fingerprint density at radius 1 is 0.413 bits per heavy atom. The van der Waals surface area contributed by atoms with Crippen LogP contribution in [0.15, 0.2) is 165 Å². The van der Waals surface area contributed by atoms with Gasteiger partial charge in [0.2, 0.25) is 0 Å². The number of morpholine rings is 2. The van der Waals surface area contributed by atoms with Gasteiger partial charge >= 0.3 is 18.7 Å². The van der Waals surface area contributed by atoms with E-state index < -0.39 is 75.6 Å². The number of halogens is 10. The molecule has 0 radical (unpaired) electrons. The zero-order chi connectivity index (χ0) is 106. The molecule has 7 aliphatic rings. The van der Waals surface area contributed by atoms with Crippen LogP contribution in [0.3, 0.4) is 0 Å². The molecule has 12 aromatic heterocycles. The number of benzene rings is 1. The first-order chi connectivity index (χ1) is 71.8. The van der Waals surface area contributed by atoms with Crippen molar-refractivity contribution in [3.63, 3.8) is 0 Å². The molecule has 41 nitrogen and oxygen atoms in total. The summed E-state index contributed by atoms with van der Waals surface area (Å²) in [5, 5.41) is 12.4. The maximum absolute atomic E-state index is 14.0. The minimum absolute atomic E-state index is 0.0208. The third kappa shape index (κ3) is 25.0. The topological polar surface area (TPSA) is 578 Å². The molecule has 0 spiro atoms. The van der Waals surface area contributed by atoms with Crippen molar-refractivity contribution >= 4 is 127 Å². The van der Waals surface area contributed by atoms with Gasteiger partial charge in [-0.1, -0.05) is 35.9 Å². The molecule has 3 atom stereocenters. The second-order valence-corrected chi connectivity index (χ2v) is 37.2. The van der Waals surface area contributed by atoms with Crippen molar-refractivity contribution in [2.24, 2.45) is 34.8 Å². The number of hydrogen-bond donors (Lipinski definition) is 12. The van der Waals surface area contributed by atoms with E-state index in [1.54, 1.807) is 43.7 Å². The van der Waals surface area contributed by atoms with Gasteiger partial charge in [-0.25, -0.2) is 69.8 Å². The highest BCUT2D eigenvalue weighted by molar-refractivity contribution is 6.31. The summed E-state index contributed by atoms with van der Waals surface area (Å²) in [5.41, 5.74) is 47.9.